The van der Waals surface area contributed by atoms with Crippen molar-refractivity contribution in [1.29, 1.82) is 0 Å². The van der Waals surface area contributed by atoms with Gasteiger partial charge >= 0.3 is 0 Å². The third-order valence-corrected chi connectivity index (χ3v) is 8.18. The van der Waals surface area contributed by atoms with Crippen molar-refractivity contribution in [3.8, 4) is 0 Å². The van der Waals surface area contributed by atoms with Gasteiger partial charge in [0.2, 0.25) is 21.8 Å². The standard InChI is InChI=1S/C32H41N3O4S/c1-6-7-20-33-32(37)29(21-27-17-9-8-10-18-27)34(22-28-19-12-11-14-24(28)2)30(36)23-35(40(5,38)39)31-25(3)15-13-16-26(31)4/h8-19,29H,6-7,20-23H2,1-5H3,(H,33,37). The zero-order chi connectivity index (χ0) is 29.3. The summed E-state index contributed by atoms with van der Waals surface area (Å²) in [4.78, 5) is 29.4. The van der Waals surface area contributed by atoms with Crippen molar-refractivity contribution in [1.82, 2.24) is 10.2 Å². The van der Waals surface area contributed by atoms with Crippen LogP contribution in [0.1, 0.15) is 47.6 Å². The summed E-state index contributed by atoms with van der Waals surface area (Å²) in [6.45, 7) is 7.94. The van der Waals surface area contributed by atoms with Crippen molar-refractivity contribution in [2.24, 2.45) is 0 Å². The summed E-state index contributed by atoms with van der Waals surface area (Å²) < 4.78 is 27.3. The van der Waals surface area contributed by atoms with Crippen LogP contribution in [-0.2, 0) is 32.6 Å². The van der Waals surface area contributed by atoms with Crippen LogP contribution in [0.4, 0.5) is 5.69 Å². The number of carbonyl (C=O) groups is 2. The first kappa shape index (κ1) is 30.9. The van der Waals surface area contributed by atoms with Gasteiger partial charge in [0, 0.05) is 19.5 Å². The van der Waals surface area contributed by atoms with Crippen LogP contribution in [-0.4, -0.2) is 50.5 Å². The largest absolute Gasteiger partial charge is 0.354 e. The molecule has 3 rings (SSSR count). The molecule has 0 spiro atoms. The number of nitrogens with one attached hydrogen (secondary N) is 1. The fourth-order valence-corrected chi connectivity index (χ4v) is 5.77. The fraction of sp³-hybridized carbons (Fsp3) is 0.375. The Labute approximate surface area is 239 Å². The zero-order valence-electron chi connectivity index (χ0n) is 24.2. The van der Waals surface area contributed by atoms with Crippen LogP contribution in [0.2, 0.25) is 0 Å². The molecule has 1 N–H and O–H groups in total. The molecule has 8 heteroatoms. The first-order valence-electron chi connectivity index (χ1n) is 13.7. The van der Waals surface area contributed by atoms with Crippen LogP contribution < -0.4 is 9.62 Å². The predicted molar refractivity (Wildman–Crippen MR) is 162 cm³/mol. The summed E-state index contributed by atoms with van der Waals surface area (Å²) in [6, 6.07) is 22.0. The molecule has 0 aliphatic carbocycles. The lowest BCUT2D eigenvalue weighted by atomic mass is 10.0. The summed E-state index contributed by atoms with van der Waals surface area (Å²) in [7, 11) is -3.81. The lowest BCUT2D eigenvalue weighted by Crippen LogP contribution is -2.53. The maximum Gasteiger partial charge on any atom is 0.244 e. The Kier molecular flexibility index (Phi) is 10.9. The van der Waals surface area contributed by atoms with Crippen molar-refractivity contribution >= 4 is 27.5 Å². The van der Waals surface area contributed by atoms with Gasteiger partial charge in [-0.05, 0) is 55.0 Å². The lowest BCUT2D eigenvalue weighted by molar-refractivity contribution is -0.140. The Morgan fingerprint density at radius 2 is 1.45 bits per heavy atom. The highest BCUT2D eigenvalue weighted by Crippen LogP contribution is 2.27. The fourth-order valence-electron chi connectivity index (χ4n) is 4.81. The number of aryl methyl sites for hydroxylation is 3. The monoisotopic (exact) mass is 563 g/mol. The predicted octanol–water partition coefficient (Wildman–Crippen LogP) is 4.93. The summed E-state index contributed by atoms with van der Waals surface area (Å²) in [6.07, 6.45) is 3.16. The minimum atomic E-state index is -3.81. The van der Waals surface area contributed by atoms with Crippen LogP contribution in [0.25, 0.3) is 0 Å². The van der Waals surface area contributed by atoms with Gasteiger partial charge in [-0.1, -0.05) is 86.1 Å². The van der Waals surface area contributed by atoms with E-state index in [9.17, 15) is 18.0 Å². The highest BCUT2D eigenvalue weighted by atomic mass is 32.2. The van der Waals surface area contributed by atoms with Gasteiger partial charge in [0.1, 0.15) is 12.6 Å². The smallest absolute Gasteiger partial charge is 0.244 e. The molecular formula is C32H41N3O4S. The lowest BCUT2D eigenvalue weighted by Gasteiger charge is -2.34. The second-order valence-electron chi connectivity index (χ2n) is 10.3. The molecule has 7 nitrogen and oxygen atoms in total. The highest BCUT2D eigenvalue weighted by Gasteiger charge is 2.33. The highest BCUT2D eigenvalue weighted by molar-refractivity contribution is 7.92. The summed E-state index contributed by atoms with van der Waals surface area (Å²) in [5.74, 6) is -0.694. The number of nitrogens with zero attached hydrogens (tertiary/aromatic N) is 2. The molecular weight excluding hydrogens is 522 g/mol. The molecule has 0 aromatic heterocycles. The molecule has 1 unspecified atom stereocenters. The van der Waals surface area contributed by atoms with Gasteiger partial charge in [-0.25, -0.2) is 8.42 Å². The number of anilines is 1. The van der Waals surface area contributed by atoms with Gasteiger partial charge in [-0.15, -0.1) is 0 Å². The molecule has 0 saturated carbocycles. The number of hydrogen-bond acceptors (Lipinski definition) is 4. The van der Waals surface area contributed by atoms with Crippen LogP contribution >= 0.6 is 0 Å². The van der Waals surface area contributed by atoms with Gasteiger partial charge in [-0.3, -0.25) is 13.9 Å². The zero-order valence-corrected chi connectivity index (χ0v) is 25.0. The molecule has 2 amide bonds. The van der Waals surface area contributed by atoms with E-state index < -0.39 is 28.5 Å². The average molecular weight is 564 g/mol. The molecule has 0 bridgehead atoms. The molecule has 0 aliphatic heterocycles. The number of hydrogen-bond donors (Lipinski definition) is 1. The molecule has 0 radical (unpaired) electrons. The Morgan fingerprint density at radius 3 is 2.05 bits per heavy atom. The van der Waals surface area contributed by atoms with E-state index in [2.05, 4.69) is 12.2 Å². The van der Waals surface area contributed by atoms with E-state index >= 15 is 0 Å². The first-order chi connectivity index (χ1) is 19.0. The SMILES string of the molecule is CCCCNC(=O)C(Cc1ccccc1)N(Cc1ccccc1C)C(=O)CN(c1c(C)cccc1C)S(C)(=O)=O. The van der Waals surface area contributed by atoms with Gasteiger partial charge in [-0.2, -0.15) is 0 Å². The van der Waals surface area contributed by atoms with Gasteiger partial charge in [0.05, 0.1) is 11.9 Å². The van der Waals surface area contributed by atoms with Crippen molar-refractivity contribution in [3.63, 3.8) is 0 Å². The molecule has 3 aromatic carbocycles. The van der Waals surface area contributed by atoms with Gasteiger partial charge < -0.3 is 10.2 Å². The third kappa shape index (κ3) is 8.18. The second-order valence-corrected chi connectivity index (χ2v) is 12.2. The third-order valence-electron chi connectivity index (χ3n) is 7.07. The van der Waals surface area contributed by atoms with Gasteiger partial charge in [0.25, 0.3) is 0 Å². The van der Waals surface area contributed by atoms with Crippen molar-refractivity contribution in [3.05, 3.63) is 101 Å². The quantitative estimate of drug-likeness (QED) is 0.299. The van der Waals surface area contributed by atoms with E-state index in [-0.39, 0.29) is 12.5 Å². The Balaban J connectivity index is 2.08. The van der Waals surface area contributed by atoms with Crippen LogP contribution in [0.3, 0.4) is 0 Å². The first-order valence-corrected chi connectivity index (χ1v) is 15.6. The summed E-state index contributed by atoms with van der Waals surface area (Å²) in [5, 5.41) is 3.01. The number of sulfonamides is 1. The molecule has 0 saturated heterocycles. The van der Waals surface area contributed by atoms with E-state index in [0.29, 0.717) is 18.7 Å². The number of benzene rings is 3. The number of carbonyl (C=O) groups excluding carboxylic acids is 2. The number of unbranched alkanes of at least 4 members (excludes halogenated alkanes) is 1. The summed E-state index contributed by atoms with van der Waals surface area (Å²) in [5.41, 5.74) is 4.79. The van der Waals surface area contributed by atoms with E-state index in [1.54, 1.807) is 4.90 Å². The second kappa shape index (κ2) is 14.1. The molecule has 1 atom stereocenters. The Bertz CT molecular complexity index is 1390. The number of amides is 2. The normalized spacial score (nSPS) is 12.0. The van der Waals surface area contributed by atoms with Crippen LogP contribution in [0, 0.1) is 20.8 Å². The van der Waals surface area contributed by atoms with E-state index in [4.69, 9.17) is 0 Å². The molecule has 214 valence electrons. The topological polar surface area (TPSA) is 86.8 Å². The van der Waals surface area contributed by atoms with Crippen molar-refractivity contribution in [2.45, 2.75) is 59.5 Å². The van der Waals surface area contributed by atoms with Crippen LogP contribution in [0.5, 0.6) is 0 Å². The minimum Gasteiger partial charge on any atom is -0.354 e. The van der Waals surface area contributed by atoms with Crippen LogP contribution in [0.15, 0.2) is 72.8 Å². The molecule has 0 aliphatic rings. The molecule has 40 heavy (non-hydrogen) atoms. The number of rotatable bonds is 13. The van der Waals surface area contributed by atoms with Crippen molar-refractivity contribution in [2.75, 3.05) is 23.7 Å². The molecule has 0 fully saturated rings. The Morgan fingerprint density at radius 1 is 0.850 bits per heavy atom. The average Bonchev–Trinajstić information content (AvgIpc) is 2.91. The summed E-state index contributed by atoms with van der Waals surface area (Å²) >= 11 is 0. The van der Waals surface area contributed by atoms with E-state index in [1.165, 1.54) is 4.31 Å². The van der Waals surface area contributed by atoms with Gasteiger partial charge in [0.15, 0.2) is 0 Å². The maximum atomic E-state index is 14.2. The minimum absolute atomic E-state index is 0.175. The number of para-hydroxylation sites is 1. The van der Waals surface area contributed by atoms with Crippen molar-refractivity contribution < 1.29 is 18.0 Å². The van der Waals surface area contributed by atoms with E-state index in [1.807, 2.05) is 93.6 Å². The molecule has 0 heterocycles. The Hall–Kier alpha value is -3.65. The maximum absolute atomic E-state index is 14.2. The molecule has 3 aromatic rings. The van der Waals surface area contributed by atoms with E-state index in [0.717, 1.165) is 46.9 Å².